The van der Waals surface area contributed by atoms with Gasteiger partial charge in [0, 0.05) is 53.4 Å². The lowest BCUT2D eigenvalue weighted by molar-refractivity contribution is -0.128. The highest BCUT2D eigenvalue weighted by Gasteiger charge is 2.06. The van der Waals surface area contributed by atoms with E-state index in [0.29, 0.717) is 13.0 Å². The average molecular weight is 367 g/mol. The number of hydrogen-bond acceptors (Lipinski definition) is 3. The first-order chi connectivity index (χ1) is 10.1. The Morgan fingerprint density at radius 2 is 2.00 bits per heavy atom. The Labute approximate surface area is 138 Å². The summed E-state index contributed by atoms with van der Waals surface area (Å²) < 4.78 is 1.11. The number of carbonyl (C=O) groups is 1. The largest absolute Gasteiger partial charge is 0.349 e. The van der Waals surface area contributed by atoms with Crippen LogP contribution in [0.3, 0.4) is 0 Å². The molecule has 1 heterocycles. The standard InChI is InChI=1S/C16H19BrN2OS/c1-19(2)16(20)9-10-18-11-12-7-8-15(21-12)13-5-3-4-6-14(13)17/h3-8,18H,9-11H2,1-2H3. The van der Waals surface area contributed by atoms with Crippen molar-refractivity contribution in [3.63, 3.8) is 0 Å². The molecule has 0 saturated carbocycles. The first-order valence-electron chi connectivity index (χ1n) is 6.82. The van der Waals surface area contributed by atoms with E-state index in [4.69, 9.17) is 0 Å². The molecule has 0 fully saturated rings. The Hall–Kier alpha value is -1.17. The van der Waals surface area contributed by atoms with E-state index in [0.717, 1.165) is 11.0 Å². The zero-order valence-electron chi connectivity index (χ0n) is 12.2. The maximum absolute atomic E-state index is 11.5. The lowest BCUT2D eigenvalue weighted by Crippen LogP contribution is -2.26. The summed E-state index contributed by atoms with van der Waals surface area (Å²) in [5.41, 5.74) is 1.22. The molecule has 0 spiro atoms. The van der Waals surface area contributed by atoms with Gasteiger partial charge in [-0.15, -0.1) is 11.3 Å². The minimum atomic E-state index is 0.155. The second kappa shape index (κ2) is 7.73. The van der Waals surface area contributed by atoms with Gasteiger partial charge in [-0.1, -0.05) is 34.1 Å². The maximum Gasteiger partial charge on any atom is 0.223 e. The van der Waals surface area contributed by atoms with Gasteiger partial charge in [-0.05, 0) is 18.2 Å². The van der Waals surface area contributed by atoms with Gasteiger partial charge in [-0.3, -0.25) is 4.79 Å². The fourth-order valence-corrected chi connectivity index (χ4v) is 3.56. The molecule has 0 radical (unpaired) electrons. The van der Waals surface area contributed by atoms with E-state index in [9.17, 15) is 4.79 Å². The molecule has 1 amide bonds. The van der Waals surface area contributed by atoms with Crippen LogP contribution in [0.5, 0.6) is 0 Å². The van der Waals surface area contributed by atoms with Gasteiger partial charge >= 0.3 is 0 Å². The van der Waals surface area contributed by atoms with E-state index in [1.807, 2.05) is 12.1 Å². The molecule has 112 valence electrons. The van der Waals surface area contributed by atoms with Gasteiger partial charge in [-0.25, -0.2) is 0 Å². The highest BCUT2D eigenvalue weighted by molar-refractivity contribution is 9.10. The number of thiophene rings is 1. The third-order valence-corrected chi connectivity index (χ3v) is 4.92. The van der Waals surface area contributed by atoms with Crippen LogP contribution < -0.4 is 5.32 Å². The monoisotopic (exact) mass is 366 g/mol. The Kier molecular flexibility index (Phi) is 5.96. The van der Waals surface area contributed by atoms with E-state index in [2.05, 4.69) is 45.5 Å². The number of rotatable bonds is 6. The van der Waals surface area contributed by atoms with E-state index in [1.165, 1.54) is 15.3 Å². The Balaban J connectivity index is 1.87. The van der Waals surface area contributed by atoms with Gasteiger partial charge in [0.25, 0.3) is 0 Å². The molecule has 0 saturated heterocycles. The maximum atomic E-state index is 11.5. The summed E-state index contributed by atoms with van der Waals surface area (Å²) in [4.78, 5) is 15.6. The van der Waals surface area contributed by atoms with Crippen LogP contribution in [0.15, 0.2) is 40.9 Å². The summed E-state index contributed by atoms with van der Waals surface area (Å²) in [6.45, 7) is 1.51. The lowest BCUT2D eigenvalue weighted by atomic mass is 10.2. The normalized spacial score (nSPS) is 10.6. The molecular formula is C16H19BrN2OS. The van der Waals surface area contributed by atoms with E-state index in [1.54, 1.807) is 30.3 Å². The first kappa shape index (κ1) is 16.2. The number of carbonyl (C=O) groups excluding carboxylic acids is 1. The molecule has 1 N–H and O–H groups in total. The van der Waals surface area contributed by atoms with Crippen LogP contribution in [0.1, 0.15) is 11.3 Å². The van der Waals surface area contributed by atoms with Crippen molar-refractivity contribution in [2.24, 2.45) is 0 Å². The smallest absolute Gasteiger partial charge is 0.223 e. The van der Waals surface area contributed by atoms with E-state index in [-0.39, 0.29) is 5.91 Å². The summed E-state index contributed by atoms with van der Waals surface area (Å²) in [5.74, 6) is 0.155. The zero-order chi connectivity index (χ0) is 15.2. The number of nitrogens with zero attached hydrogens (tertiary/aromatic N) is 1. The molecular weight excluding hydrogens is 348 g/mol. The van der Waals surface area contributed by atoms with Crippen molar-refractivity contribution in [3.05, 3.63) is 45.7 Å². The molecule has 1 aromatic carbocycles. The summed E-state index contributed by atoms with van der Waals surface area (Å²) >= 11 is 5.36. The number of nitrogens with one attached hydrogen (secondary N) is 1. The quantitative estimate of drug-likeness (QED) is 0.789. The fourth-order valence-electron chi connectivity index (χ4n) is 1.91. The van der Waals surface area contributed by atoms with Crippen LogP contribution in [0.4, 0.5) is 0 Å². The Morgan fingerprint density at radius 3 is 2.71 bits per heavy atom. The van der Waals surface area contributed by atoms with Crippen LogP contribution in [0.25, 0.3) is 10.4 Å². The van der Waals surface area contributed by atoms with Crippen molar-refractivity contribution in [3.8, 4) is 10.4 Å². The molecule has 3 nitrogen and oxygen atoms in total. The summed E-state index contributed by atoms with van der Waals surface area (Å²) in [6.07, 6.45) is 0.537. The van der Waals surface area contributed by atoms with Gasteiger partial charge in [0.2, 0.25) is 5.91 Å². The molecule has 21 heavy (non-hydrogen) atoms. The van der Waals surface area contributed by atoms with Crippen LogP contribution in [0, 0.1) is 0 Å². The van der Waals surface area contributed by atoms with Gasteiger partial charge in [0.05, 0.1) is 0 Å². The fraction of sp³-hybridized carbons (Fsp3) is 0.312. The predicted octanol–water partition coefficient (Wildman–Crippen LogP) is 3.75. The summed E-state index contributed by atoms with van der Waals surface area (Å²) in [7, 11) is 3.57. The second-order valence-corrected chi connectivity index (χ2v) is 6.98. The highest BCUT2D eigenvalue weighted by atomic mass is 79.9. The van der Waals surface area contributed by atoms with Gasteiger partial charge in [-0.2, -0.15) is 0 Å². The van der Waals surface area contributed by atoms with E-state index < -0.39 is 0 Å². The molecule has 5 heteroatoms. The molecule has 0 bridgehead atoms. The molecule has 0 unspecified atom stereocenters. The van der Waals surface area contributed by atoms with Crippen LogP contribution >= 0.6 is 27.3 Å². The minimum absolute atomic E-state index is 0.155. The average Bonchev–Trinajstić information content (AvgIpc) is 2.92. The molecule has 2 rings (SSSR count). The van der Waals surface area contributed by atoms with Crippen molar-refractivity contribution in [2.45, 2.75) is 13.0 Å². The van der Waals surface area contributed by atoms with Crippen molar-refractivity contribution in [1.29, 1.82) is 0 Å². The Bertz CT molecular complexity index is 610. The molecule has 0 atom stereocenters. The Morgan fingerprint density at radius 1 is 1.24 bits per heavy atom. The van der Waals surface area contributed by atoms with Crippen LogP contribution in [0.2, 0.25) is 0 Å². The number of benzene rings is 1. The third kappa shape index (κ3) is 4.66. The molecule has 0 aliphatic carbocycles. The molecule has 0 aliphatic rings. The van der Waals surface area contributed by atoms with Crippen molar-refractivity contribution in [1.82, 2.24) is 10.2 Å². The number of halogens is 1. The van der Waals surface area contributed by atoms with Crippen LogP contribution in [-0.4, -0.2) is 31.4 Å². The zero-order valence-corrected chi connectivity index (χ0v) is 14.6. The second-order valence-electron chi connectivity index (χ2n) is 4.96. The molecule has 0 aliphatic heterocycles. The van der Waals surface area contributed by atoms with Gasteiger partial charge in [0.15, 0.2) is 0 Å². The lowest BCUT2D eigenvalue weighted by Gasteiger charge is -2.09. The molecule has 1 aromatic heterocycles. The third-order valence-electron chi connectivity index (χ3n) is 3.11. The SMILES string of the molecule is CN(C)C(=O)CCNCc1ccc(-c2ccccc2Br)s1. The number of hydrogen-bond donors (Lipinski definition) is 1. The van der Waals surface area contributed by atoms with Gasteiger partial charge < -0.3 is 10.2 Å². The first-order valence-corrected chi connectivity index (χ1v) is 8.43. The minimum Gasteiger partial charge on any atom is -0.349 e. The van der Waals surface area contributed by atoms with Crippen molar-refractivity contribution in [2.75, 3.05) is 20.6 Å². The number of amides is 1. The van der Waals surface area contributed by atoms with Crippen LogP contribution in [-0.2, 0) is 11.3 Å². The summed E-state index contributed by atoms with van der Waals surface area (Å²) in [6, 6.07) is 12.5. The van der Waals surface area contributed by atoms with Crippen molar-refractivity contribution < 1.29 is 4.79 Å². The van der Waals surface area contributed by atoms with Gasteiger partial charge in [0.1, 0.15) is 0 Å². The van der Waals surface area contributed by atoms with E-state index >= 15 is 0 Å². The topological polar surface area (TPSA) is 32.3 Å². The van der Waals surface area contributed by atoms with Crippen molar-refractivity contribution >= 4 is 33.2 Å². The highest BCUT2D eigenvalue weighted by Crippen LogP contribution is 2.33. The molecule has 2 aromatic rings. The predicted molar refractivity (Wildman–Crippen MR) is 92.5 cm³/mol. The summed E-state index contributed by atoms with van der Waals surface area (Å²) in [5, 5.41) is 3.32.